The first kappa shape index (κ1) is 22.8. The third-order valence-electron chi connectivity index (χ3n) is 4.29. The molecule has 0 rings (SSSR count). The standard InChI is InChI=1S/2C9H18O2.Bi.H/c2*1-3-5-6-7-8(4-2)9(10)11;;/h2*8H,3-7H2,1-2H3,(H,10,11);;/q;;+2;. The van der Waals surface area contributed by atoms with Gasteiger partial charge in [0.1, 0.15) is 0 Å². The van der Waals surface area contributed by atoms with Crippen molar-refractivity contribution < 1.29 is 15.2 Å². The van der Waals surface area contributed by atoms with Gasteiger partial charge in [0, 0.05) is 0 Å². The first-order valence-electron chi connectivity index (χ1n) is 9.30. The molecule has 0 aliphatic heterocycles. The number of unbranched alkanes of at least 4 members (excludes halogenated alkanes) is 4. The van der Waals surface area contributed by atoms with Crippen molar-refractivity contribution in [2.45, 2.75) is 91.9 Å². The van der Waals surface area contributed by atoms with Gasteiger partial charge in [-0.2, -0.15) is 0 Å². The van der Waals surface area contributed by atoms with Crippen LogP contribution < -0.4 is 0 Å². The van der Waals surface area contributed by atoms with Crippen molar-refractivity contribution >= 4 is 36.1 Å². The molecule has 0 bridgehead atoms. The zero-order valence-electron chi connectivity index (χ0n) is 15.4. The molecule has 0 aromatic heterocycles. The minimum atomic E-state index is -1.94. The molecule has 0 radical (unpaired) electrons. The SMILES string of the molecule is CCCCCC(CC)C(=[OH+])[O][BiH][O]C(=[OH+])C(CC)CCCCC. The molecule has 2 unspecified atom stereocenters. The molecule has 2 atom stereocenters. The quantitative estimate of drug-likeness (QED) is 0.190. The average Bonchev–Trinajstić information content (AvgIpc) is 2.55. The summed E-state index contributed by atoms with van der Waals surface area (Å²) in [5.41, 5.74) is 0. The summed E-state index contributed by atoms with van der Waals surface area (Å²) in [6.07, 6.45) is 10.6. The Balaban J connectivity index is 4.04. The molecule has 2 N–H and O–H groups in total. The third kappa shape index (κ3) is 11.1. The van der Waals surface area contributed by atoms with Gasteiger partial charge in [-0.25, -0.2) is 0 Å². The van der Waals surface area contributed by atoms with E-state index in [-0.39, 0.29) is 23.8 Å². The molecule has 0 spiro atoms. The fourth-order valence-electron chi connectivity index (χ4n) is 2.56. The average molecular weight is 526 g/mol. The van der Waals surface area contributed by atoms with E-state index in [1.165, 1.54) is 25.7 Å². The molecule has 136 valence electrons. The third-order valence-corrected chi connectivity index (χ3v) is 6.56. The van der Waals surface area contributed by atoms with Crippen LogP contribution in [-0.4, -0.2) is 45.6 Å². The summed E-state index contributed by atoms with van der Waals surface area (Å²) in [6, 6.07) is 0. The second-order valence-corrected chi connectivity index (χ2v) is 8.40. The van der Waals surface area contributed by atoms with Crippen LogP contribution in [0.1, 0.15) is 91.9 Å². The van der Waals surface area contributed by atoms with Crippen LogP contribution >= 0.6 is 0 Å². The van der Waals surface area contributed by atoms with Crippen LogP contribution in [0, 0.1) is 11.8 Å². The predicted octanol–water partition coefficient (Wildman–Crippen LogP) is 4.50. The zero-order chi connectivity index (χ0) is 17.5. The van der Waals surface area contributed by atoms with E-state index in [1.54, 1.807) is 0 Å². The second kappa shape index (κ2) is 15.4. The predicted molar refractivity (Wildman–Crippen MR) is 99.1 cm³/mol. The maximum atomic E-state index is 10.1. The van der Waals surface area contributed by atoms with Crippen LogP contribution in [0.3, 0.4) is 0 Å². The Morgan fingerprint density at radius 1 is 0.739 bits per heavy atom. The van der Waals surface area contributed by atoms with E-state index < -0.39 is 24.1 Å². The van der Waals surface area contributed by atoms with Gasteiger partial charge in [0.15, 0.2) is 0 Å². The molecule has 0 aromatic carbocycles. The number of hydrogen-bond donors (Lipinski definition) is 0. The summed E-state index contributed by atoms with van der Waals surface area (Å²) in [5.74, 6) is 0.454. The molecule has 4 nitrogen and oxygen atoms in total. The Kier molecular flexibility index (Phi) is 15.2. The summed E-state index contributed by atoms with van der Waals surface area (Å²) in [5, 5.41) is 0. The number of carbonyl (C=O) groups excluding carboxylic acids is 2. The molecular weight excluding hydrogens is 489 g/mol. The first-order valence-corrected chi connectivity index (χ1v) is 12.5. The van der Waals surface area contributed by atoms with Crippen LogP contribution in [-0.2, 0) is 5.63 Å². The van der Waals surface area contributed by atoms with E-state index in [0.717, 1.165) is 38.5 Å². The van der Waals surface area contributed by atoms with Crippen molar-refractivity contribution in [2.24, 2.45) is 11.8 Å². The van der Waals surface area contributed by atoms with Crippen LogP contribution in [0.15, 0.2) is 0 Å². The fraction of sp³-hybridized carbons (Fsp3) is 0.889. The van der Waals surface area contributed by atoms with Crippen LogP contribution in [0.25, 0.3) is 0 Å². The topological polar surface area (TPSA) is 61.3 Å². The Hall–Kier alpha value is -0.177. The van der Waals surface area contributed by atoms with E-state index >= 15 is 0 Å². The molecule has 0 aliphatic carbocycles. The van der Waals surface area contributed by atoms with Crippen LogP contribution in [0.5, 0.6) is 0 Å². The van der Waals surface area contributed by atoms with E-state index in [2.05, 4.69) is 27.7 Å². The van der Waals surface area contributed by atoms with Crippen molar-refractivity contribution in [3.8, 4) is 0 Å². The van der Waals surface area contributed by atoms with Crippen LogP contribution in [0.4, 0.5) is 0 Å². The normalized spacial score (nSPS) is 13.4. The van der Waals surface area contributed by atoms with Gasteiger partial charge in [-0.15, -0.1) is 0 Å². The van der Waals surface area contributed by atoms with Gasteiger partial charge < -0.3 is 0 Å². The van der Waals surface area contributed by atoms with Gasteiger partial charge in [0.25, 0.3) is 0 Å². The van der Waals surface area contributed by atoms with E-state index in [1.807, 2.05) is 0 Å². The summed E-state index contributed by atoms with van der Waals surface area (Å²) in [4.78, 5) is 20.1. The maximum absolute atomic E-state index is 10.1. The van der Waals surface area contributed by atoms with Gasteiger partial charge in [-0.05, 0) is 0 Å². The van der Waals surface area contributed by atoms with Crippen molar-refractivity contribution in [3.63, 3.8) is 0 Å². The number of hydrogen-bond acceptors (Lipinski definition) is 2. The van der Waals surface area contributed by atoms with Gasteiger partial charge in [0.2, 0.25) is 0 Å². The molecule has 0 saturated carbocycles. The molecule has 0 aromatic rings. The van der Waals surface area contributed by atoms with Crippen molar-refractivity contribution in [1.29, 1.82) is 0 Å². The molecule has 0 saturated heterocycles. The van der Waals surface area contributed by atoms with E-state index in [4.69, 9.17) is 5.63 Å². The molecule has 0 heterocycles. The molecular formula is C18H37BiO4+2. The molecule has 0 aliphatic rings. The second-order valence-electron chi connectivity index (χ2n) is 6.17. The van der Waals surface area contributed by atoms with Gasteiger partial charge in [0.05, 0.1) is 0 Å². The summed E-state index contributed by atoms with van der Waals surface area (Å²) in [7, 11) is 0. The van der Waals surface area contributed by atoms with E-state index in [0.29, 0.717) is 0 Å². The van der Waals surface area contributed by atoms with Crippen molar-refractivity contribution in [2.75, 3.05) is 0 Å². The monoisotopic (exact) mass is 526 g/mol. The van der Waals surface area contributed by atoms with Crippen LogP contribution in [0.2, 0.25) is 0 Å². The number of rotatable bonds is 14. The van der Waals surface area contributed by atoms with E-state index in [9.17, 15) is 9.59 Å². The van der Waals surface area contributed by atoms with Crippen molar-refractivity contribution in [1.82, 2.24) is 0 Å². The molecule has 5 heteroatoms. The Morgan fingerprint density at radius 2 is 1.13 bits per heavy atom. The summed E-state index contributed by atoms with van der Waals surface area (Å²) < 4.78 is 11.0. The minimum absolute atomic E-state index is 0.103. The summed E-state index contributed by atoms with van der Waals surface area (Å²) >= 11 is -1.94. The van der Waals surface area contributed by atoms with Gasteiger partial charge in [-0.3, -0.25) is 0 Å². The molecule has 23 heavy (non-hydrogen) atoms. The zero-order valence-corrected chi connectivity index (χ0v) is 19.3. The van der Waals surface area contributed by atoms with Gasteiger partial charge in [-0.1, -0.05) is 0 Å². The fourth-order valence-corrected chi connectivity index (χ4v) is 4.68. The molecule has 0 amide bonds. The Morgan fingerprint density at radius 3 is 1.43 bits per heavy atom. The Labute approximate surface area is 154 Å². The molecule has 0 fully saturated rings. The summed E-state index contributed by atoms with van der Waals surface area (Å²) in [6.45, 7) is 8.48. The Bertz CT molecular complexity index is 290. The van der Waals surface area contributed by atoms with Gasteiger partial charge >= 0.3 is 155 Å². The first-order chi connectivity index (χ1) is 11.1. The van der Waals surface area contributed by atoms with Crippen molar-refractivity contribution in [3.05, 3.63) is 0 Å².